The molecular formula is C8H10BrClN2. The number of pyridine rings is 1. The molecular weight excluding hydrogens is 239 g/mol. The Morgan fingerprint density at radius 2 is 2.33 bits per heavy atom. The number of hydrogen-bond donors (Lipinski definition) is 0. The predicted octanol–water partition coefficient (Wildman–Crippen LogP) is 2.57. The van der Waals surface area contributed by atoms with Crippen LogP contribution in [0.2, 0.25) is 5.02 Å². The Morgan fingerprint density at radius 1 is 1.58 bits per heavy atom. The van der Waals surface area contributed by atoms with Crippen molar-refractivity contribution in [3.8, 4) is 0 Å². The van der Waals surface area contributed by atoms with E-state index in [4.69, 9.17) is 11.6 Å². The topological polar surface area (TPSA) is 16.1 Å². The number of anilines is 1. The Morgan fingerprint density at radius 3 is 2.83 bits per heavy atom. The Balaban J connectivity index is 2.68. The van der Waals surface area contributed by atoms with Crippen LogP contribution in [0.3, 0.4) is 0 Å². The second-order valence-electron chi connectivity index (χ2n) is 2.45. The molecule has 0 atom stereocenters. The summed E-state index contributed by atoms with van der Waals surface area (Å²) in [7, 11) is 2.00. The molecule has 1 aromatic heterocycles. The van der Waals surface area contributed by atoms with Crippen LogP contribution in [0.1, 0.15) is 0 Å². The summed E-state index contributed by atoms with van der Waals surface area (Å²) >= 11 is 9.07. The summed E-state index contributed by atoms with van der Waals surface area (Å²) in [6.45, 7) is 0.939. The van der Waals surface area contributed by atoms with Gasteiger partial charge in [-0.3, -0.25) is 0 Å². The molecule has 66 valence electrons. The van der Waals surface area contributed by atoms with Crippen molar-refractivity contribution >= 4 is 33.3 Å². The molecule has 0 bridgehead atoms. The highest BCUT2D eigenvalue weighted by Crippen LogP contribution is 2.12. The summed E-state index contributed by atoms with van der Waals surface area (Å²) in [6.07, 6.45) is 1.65. The Hall–Kier alpha value is -0.280. The largest absolute Gasteiger partial charge is 0.359 e. The van der Waals surface area contributed by atoms with Gasteiger partial charge < -0.3 is 4.90 Å². The van der Waals surface area contributed by atoms with Crippen LogP contribution in [0.15, 0.2) is 18.3 Å². The van der Waals surface area contributed by atoms with Gasteiger partial charge in [0, 0.05) is 25.1 Å². The van der Waals surface area contributed by atoms with Crippen LogP contribution in [0.5, 0.6) is 0 Å². The lowest BCUT2D eigenvalue weighted by Crippen LogP contribution is -2.20. The van der Waals surface area contributed by atoms with Crippen molar-refractivity contribution < 1.29 is 0 Å². The summed E-state index contributed by atoms with van der Waals surface area (Å²) in [5, 5.41) is 1.61. The average molecular weight is 250 g/mol. The molecule has 1 heterocycles. The van der Waals surface area contributed by atoms with Gasteiger partial charge >= 0.3 is 0 Å². The lowest BCUT2D eigenvalue weighted by atomic mass is 10.4. The normalized spacial score (nSPS) is 9.92. The fraction of sp³-hybridized carbons (Fsp3) is 0.375. The van der Waals surface area contributed by atoms with Crippen molar-refractivity contribution in [1.29, 1.82) is 0 Å². The lowest BCUT2D eigenvalue weighted by molar-refractivity contribution is 0.950. The van der Waals surface area contributed by atoms with Crippen LogP contribution in [0, 0.1) is 0 Å². The average Bonchev–Trinajstić information content (AvgIpc) is 2.06. The molecule has 4 heteroatoms. The third kappa shape index (κ3) is 2.64. The van der Waals surface area contributed by atoms with Gasteiger partial charge in [0.05, 0.1) is 5.02 Å². The second-order valence-corrected chi connectivity index (χ2v) is 3.67. The van der Waals surface area contributed by atoms with Gasteiger partial charge in [0.2, 0.25) is 0 Å². The number of rotatable bonds is 3. The predicted molar refractivity (Wildman–Crippen MR) is 56.3 cm³/mol. The van der Waals surface area contributed by atoms with Crippen LogP contribution in [0.25, 0.3) is 0 Å². The second kappa shape index (κ2) is 4.67. The van der Waals surface area contributed by atoms with E-state index in [1.807, 2.05) is 19.2 Å². The van der Waals surface area contributed by atoms with Gasteiger partial charge in [0.25, 0.3) is 0 Å². The van der Waals surface area contributed by atoms with Crippen LogP contribution in [-0.4, -0.2) is 23.9 Å². The standard InChI is InChI=1S/C8H10BrClN2/c1-12(5-4-9)8-3-2-7(10)6-11-8/h2-3,6H,4-5H2,1H3. The third-order valence-electron chi connectivity index (χ3n) is 1.52. The minimum Gasteiger partial charge on any atom is -0.359 e. The van der Waals surface area contributed by atoms with Crippen LogP contribution in [-0.2, 0) is 0 Å². The zero-order chi connectivity index (χ0) is 8.97. The number of hydrogen-bond acceptors (Lipinski definition) is 2. The zero-order valence-electron chi connectivity index (χ0n) is 6.80. The van der Waals surface area contributed by atoms with Gasteiger partial charge in [-0.25, -0.2) is 4.98 Å². The Kier molecular flexibility index (Phi) is 3.82. The Bertz CT molecular complexity index is 237. The highest BCUT2D eigenvalue weighted by Gasteiger charge is 1.99. The van der Waals surface area contributed by atoms with Crippen molar-refractivity contribution in [3.05, 3.63) is 23.4 Å². The molecule has 12 heavy (non-hydrogen) atoms. The highest BCUT2D eigenvalue weighted by molar-refractivity contribution is 9.09. The van der Waals surface area contributed by atoms with Gasteiger partial charge in [-0.05, 0) is 12.1 Å². The fourth-order valence-electron chi connectivity index (χ4n) is 0.835. The molecule has 0 aliphatic carbocycles. The van der Waals surface area contributed by atoms with Crippen molar-refractivity contribution in [3.63, 3.8) is 0 Å². The first-order valence-electron chi connectivity index (χ1n) is 3.62. The quantitative estimate of drug-likeness (QED) is 0.766. The van der Waals surface area contributed by atoms with Crippen molar-refractivity contribution in [2.45, 2.75) is 0 Å². The summed E-state index contributed by atoms with van der Waals surface area (Å²) in [6, 6.07) is 3.75. The molecule has 0 radical (unpaired) electrons. The maximum absolute atomic E-state index is 5.70. The summed E-state index contributed by atoms with van der Waals surface area (Å²) < 4.78 is 0. The van der Waals surface area contributed by atoms with E-state index in [9.17, 15) is 0 Å². The van der Waals surface area contributed by atoms with Gasteiger partial charge in [-0.2, -0.15) is 0 Å². The number of aromatic nitrogens is 1. The SMILES string of the molecule is CN(CCBr)c1ccc(Cl)cn1. The molecule has 0 aliphatic heterocycles. The maximum atomic E-state index is 5.70. The van der Waals surface area contributed by atoms with E-state index in [2.05, 4.69) is 25.8 Å². The number of alkyl halides is 1. The van der Waals surface area contributed by atoms with E-state index in [1.54, 1.807) is 6.20 Å². The van der Waals surface area contributed by atoms with E-state index in [0.29, 0.717) is 5.02 Å². The molecule has 0 saturated heterocycles. The molecule has 0 N–H and O–H groups in total. The molecule has 0 aliphatic rings. The fourth-order valence-corrected chi connectivity index (χ4v) is 1.48. The summed E-state index contributed by atoms with van der Waals surface area (Å²) in [4.78, 5) is 6.23. The molecule has 1 aromatic rings. The number of halogens is 2. The maximum Gasteiger partial charge on any atom is 0.128 e. The third-order valence-corrected chi connectivity index (χ3v) is 2.10. The monoisotopic (exact) mass is 248 g/mol. The van der Waals surface area contributed by atoms with E-state index in [-0.39, 0.29) is 0 Å². The minimum absolute atomic E-state index is 0.672. The van der Waals surface area contributed by atoms with Crippen LogP contribution < -0.4 is 4.90 Å². The smallest absolute Gasteiger partial charge is 0.128 e. The first-order valence-corrected chi connectivity index (χ1v) is 5.12. The van der Waals surface area contributed by atoms with Crippen LogP contribution >= 0.6 is 27.5 Å². The molecule has 1 rings (SSSR count). The molecule has 0 fully saturated rings. The Labute approximate surface area is 85.7 Å². The molecule has 0 spiro atoms. The lowest BCUT2D eigenvalue weighted by Gasteiger charge is -2.15. The molecule has 0 amide bonds. The first kappa shape index (κ1) is 9.81. The van der Waals surface area contributed by atoms with Crippen molar-refractivity contribution in [2.75, 3.05) is 23.8 Å². The van der Waals surface area contributed by atoms with Crippen molar-refractivity contribution in [1.82, 2.24) is 4.98 Å². The van der Waals surface area contributed by atoms with E-state index >= 15 is 0 Å². The van der Waals surface area contributed by atoms with Crippen molar-refractivity contribution in [2.24, 2.45) is 0 Å². The zero-order valence-corrected chi connectivity index (χ0v) is 9.14. The highest BCUT2D eigenvalue weighted by atomic mass is 79.9. The van der Waals surface area contributed by atoms with Gasteiger partial charge in [0.15, 0.2) is 0 Å². The van der Waals surface area contributed by atoms with E-state index < -0.39 is 0 Å². The van der Waals surface area contributed by atoms with Crippen LogP contribution in [0.4, 0.5) is 5.82 Å². The summed E-state index contributed by atoms with van der Waals surface area (Å²) in [5.41, 5.74) is 0. The van der Waals surface area contributed by atoms with Gasteiger partial charge in [-0.15, -0.1) is 0 Å². The molecule has 0 aromatic carbocycles. The first-order chi connectivity index (χ1) is 5.74. The van der Waals surface area contributed by atoms with Gasteiger partial charge in [0.1, 0.15) is 5.82 Å². The molecule has 0 unspecified atom stereocenters. The van der Waals surface area contributed by atoms with E-state index in [0.717, 1.165) is 17.7 Å². The molecule has 2 nitrogen and oxygen atoms in total. The van der Waals surface area contributed by atoms with Gasteiger partial charge in [-0.1, -0.05) is 27.5 Å². The summed E-state index contributed by atoms with van der Waals surface area (Å²) in [5.74, 6) is 0.943. The molecule has 0 saturated carbocycles. The minimum atomic E-state index is 0.672. The van der Waals surface area contributed by atoms with E-state index in [1.165, 1.54) is 0 Å². The number of nitrogens with zero attached hydrogens (tertiary/aromatic N) is 2.